The lowest BCUT2D eigenvalue weighted by Crippen LogP contribution is -2.48. The van der Waals surface area contributed by atoms with Gasteiger partial charge in [0.15, 0.2) is 0 Å². The molecule has 9 nitrogen and oxygen atoms in total. The zero-order chi connectivity index (χ0) is 29.8. The molecule has 2 aliphatic carbocycles. The zero-order valence-corrected chi connectivity index (χ0v) is 25.2. The number of hydrogen-bond acceptors (Lipinski definition) is 8. The van der Waals surface area contributed by atoms with Gasteiger partial charge in [-0.1, -0.05) is 24.3 Å². The maximum absolute atomic E-state index is 14.2. The van der Waals surface area contributed by atoms with Gasteiger partial charge in [-0.25, -0.2) is 9.78 Å². The predicted molar refractivity (Wildman–Crippen MR) is 160 cm³/mol. The number of aliphatic hydroxyl groups excluding tert-OH is 1. The third-order valence-corrected chi connectivity index (χ3v) is 10.1. The summed E-state index contributed by atoms with van der Waals surface area (Å²) >= 11 is 1.32. The Morgan fingerprint density at radius 3 is 2.55 bits per heavy atom. The molecule has 2 fully saturated rings. The first-order chi connectivity index (χ1) is 20.1. The van der Waals surface area contributed by atoms with E-state index in [0.717, 1.165) is 42.4 Å². The first kappa shape index (κ1) is 28.6. The summed E-state index contributed by atoms with van der Waals surface area (Å²) < 4.78 is 15.5. The van der Waals surface area contributed by atoms with Crippen LogP contribution in [0.15, 0.2) is 50.7 Å². The molecule has 0 bridgehead atoms. The average molecular weight is 589 g/mol. The van der Waals surface area contributed by atoms with Crippen LogP contribution in [0, 0.1) is 30.1 Å². The maximum atomic E-state index is 14.2. The van der Waals surface area contributed by atoms with Crippen LogP contribution in [0.5, 0.6) is 0 Å². The van der Waals surface area contributed by atoms with Crippen LogP contribution in [-0.4, -0.2) is 31.4 Å². The van der Waals surface area contributed by atoms with Gasteiger partial charge in [-0.2, -0.15) is 5.26 Å². The standard InChI is InChI=1S/C32H36N4O5S/c1-18-26-29(38)36(32(2,3)4)31(39)35(30(26)42-27(18)28-34-11-12-40-28)17-25(24-8-6-5-7-19(24)9-10-33)41-23-15-20-13-22(37)14-21(20)16-23/h5-8,11-12,20-23,25,37H,9,13-17H2,1-4H3. The zero-order valence-electron chi connectivity index (χ0n) is 24.4. The van der Waals surface area contributed by atoms with Gasteiger partial charge in [-0.05, 0) is 81.9 Å². The SMILES string of the molecule is Cc1c(-c2ncco2)sc2c1c(=O)n(C(C)(C)C)c(=O)n2CC(OC1CC2CC(O)CC2C1)c1ccccc1CC#N. The number of oxazole rings is 1. The summed E-state index contributed by atoms with van der Waals surface area (Å²) in [5, 5.41) is 20.2. The van der Waals surface area contributed by atoms with E-state index in [-0.39, 0.29) is 30.7 Å². The number of ether oxygens (including phenoxy) is 1. The molecule has 1 N–H and O–H groups in total. The Labute approximate surface area is 248 Å². The molecule has 1 aromatic carbocycles. The number of fused-ring (bicyclic) bond motifs is 2. The molecular weight excluding hydrogens is 552 g/mol. The molecule has 0 radical (unpaired) electrons. The van der Waals surface area contributed by atoms with E-state index in [2.05, 4.69) is 11.1 Å². The topological polar surface area (TPSA) is 123 Å². The van der Waals surface area contributed by atoms with E-state index in [1.165, 1.54) is 22.2 Å². The monoisotopic (exact) mass is 588 g/mol. The van der Waals surface area contributed by atoms with E-state index in [0.29, 0.717) is 32.8 Å². The molecule has 0 spiro atoms. The second-order valence-electron chi connectivity index (χ2n) is 12.7. The maximum Gasteiger partial charge on any atom is 0.332 e. The van der Waals surface area contributed by atoms with Crippen molar-refractivity contribution in [2.45, 2.75) is 90.2 Å². The van der Waals surface area contributed by atoms with Crippen molar-refractivity contribution in [1.82, 2.24) is 14.1 Å². The highest BCUT2D eigenvalue weighted by molar-refractivity contribution is 7.22. The number of nitriles is 1. The third kappa shape index (κ3) is 5.04. The van der Waals surface area contributed by atoms with Crippen molar-refractivity contribution in [3.8, 4) is 16.8 Å². The molecule has 220 valence electrons. The van der Waals surface area contributed by atoms with E-state index >= 15 is 0 Å². The van der Waals surface area contributed by atoms with Crippen LogP contribution >= 0.6 is 11.3 Å². The van der Waals surface area contributed by atoms with Crippen LogP contribution in [-0.2, 0) is 23.2 Å². The Morgan fingerprint density at radius 1 is 1.19 bits per heavy atom. The number of benzene rings is 1. The van der Waals surface area contributed by atoms with Crippen LogP contribution in [0.2, 0.25) is 0 Å². The summed E-state index contributed by atoms with van der Waals surface area (Å²) in [5.74, 6) is 1.27. The molecule has 3 heterocycles. The van der Waals surface area contributed by atoms with Crippen LogP contribution < -0.4 is 11.2 Å². The Morgan fingerprint density at radius 2 is 1.90 bits per heavy atom. The number of thiophene rings is 1. The van der Waals surface area contributed by atoms with Crippen LogP contribution in [0.1, 0.15) is 69.2 Å². The summed E-state index contributed by atoms with van der Waals surface area (Å²) in [7, 11) is 0. The normalized spacial score (nSPS) is 22.9. The molecule has 42 heavy (non-hydrogen) atoms. The summed E-state index contributed by atoms with van der Waals surface area (Å²) in [5.41, 5.74) is 0.938. The van der Waals surface area contributed by atoms with Gasteiger partial charge < -0.3 is 14.3 Å². The molecule has 3 aromatic heterocycles. The van der Waals surface area contributed by atoms with Crippen LogP contribution in [0.3, 0.4) is 0 Å². The van der Waals surface area contributed by atoms with Gasteiger partial charge in [0.25, 0.3) is 5.56 Å². The van der Waals surface area contributed by atoms with Crippen LogP contribution in [0.4, 0.5) is 0 Å². The Balaban J connectivity index is 1.50. The van der Waals surface area contributed by atoms with Gasteiger partial charge in [-0.3, -0.25) is 13.9 Å². The number of nitrogens with zero attached hydrogens (tertiary/aromatic N) is 4. The predicted octanol–water partition coefficient (Wildman–Crippen LogP) is 5.32. The molecule has 3 unspecified atom stereocenters. The molecule has 0 saturated heterocycles. The molecule has 0 aliphatic heterocycles. The lowest BCUT2D eigenvalue weighted by Gasteiger charge is -2.28. The Bertz CT molecular complexity index is 1760. The molecule has 3 atom stereocenters. The number of aliphatic hydroxyl groups is 1. The van der Waals surface area contributed by atoms with E-state index < -0.39 is 17.3 Å². The highest BCUT2D eigenvalue weighted by atomic mass is 32.1. The molecule has 4 aromatic rings. The Kier molecular flexibility index (Phi) is 7.46. The molecule has 2 saturated carbocycles. The van der Waals surface area contributed by atoms with Crippen molar-refractivity contribution in [3.63, 3.8) is 0 Å². The van der Waals surface area contributed by atoms with Gasteiger partial charge in [0.1, 0.15) is 17.2 Å². The fourth-order valence-corrected chi connectivity index (χ4v) is 8.23. The first-order valence-electron chi connectivity index (χ1n) is 14.5. The molecule has 6 rings (SSSR count). The summed E-state index contributed by atoms with van der Waals surface area (Å²) in [6.07, 6.45) is 5.80. The van der Waals surface area contributed by atoms with E-state index in [9.17, 15) is 20.0 Å². The van der Waals surface area contributed by atoms with Gasteiger partial charge in [0.2, 0.25) is 5.89 Å². The number of rotatable bonds is 7. The summed E-state index contributed by atoms with van der Waals surface area (Å²) in [6, 6.07) is 10.00. The molecular formula is C32H36N4O5S. The minimum Gasteiger partial charge on any atom is -0.444 e. The molecule has 0 amide bonds. The minimum atomic E-state index is -0.764. The van der Waals surface area contributed by atoms with Gasteiger partial charge >= 0.3 is 5.69 Å². The van der Waals surface area contributed by atoms with Crippen molar-refractivity contribution in [2.75, 3.05) is 0 Å². The second kappa shape index (κ2) is 11.0. The lowest BCUT2D eigenvalue weighted by atomic mass is 9.99. The summed E-state index contributed by atoms with van der Waals surface area (Å²) in [6.45, 7) is 7.59. The average Bonchev–Trinajstić information content (AvgIpc) is 3.70. The summed E-state index contributed by atoms with van der Waals surface area (Å²) in [4.78, 5) is 33.7. The van der Waals surface area contributed by atoms with Crippen molar-refractivity contribution in [3.05, 3.63) is 74.3 Å². The fourth-order valence-electron chi connectivity index (χ4n) is 6.99. The van der Waals surface area contributed by atoms with Gasteiger partial charge in [0, 0.05) is 5.54 Å². The molecule has 2 aliphatic rings. The first-order valence-corrected chi connectivity index (χ1v) is 15.4. The van der Waals surface area contributed by atoms with Crippen molar-refractivity contribution >= 4 is 21.6 Å². The smallest absolute Gasteiger partial charge is 0.332 e. The van der Waals surface area contributed by atoms with Crippen molar-refractivity contribution < 1.29 is 14.3 Å². The number of aryl methyl sites for hydroxylation is 1. The Hall–Kier alpha value is -3.52. The number of hydrogen-bond donors (Lipinski definition) is 1. The quantitative estimate of drug-likeness (QED) is 0.310. The number of aromatic nitrogens is 3. The minimum absolute atomic E-state index is 0.0275. The highest BCUT2D eigenvalue weighted by Gasteiger charge is 2.42. The largest absolute Gasteiger partial charge is 0.444 e. The van der Waals surface area contributed by atoms with Crippen LogP contribution in [0.25, 0.3) is 21.0 Å². The third-order valence-electron chi connectivity index (χ3n) is 8.83. The second-order valence-corrected chi connectivity index (χ2v) is 13.7. The highest BCUT2D eigenvalue weighted by Crippen LogP contribution is 2.46. The van der Waals surface area contributed by atoms with Crippen molar-refractivity contribution in [1.29, 1.82) is 5.26 Å². The van der Waals surface area contributed by atoms with E-state index in [4.69, 9.17) is 9.15 Å². The van der Waals surface area contributed by atoms with E-state index in [1.54, 1.807) is 10.8 Å². The molecule has 10 heteroatoms. The van der Waals surface area contributed by atoms with Gasteiger partial charge in [-0.15, -0.1) is 11.3 Å². The van der Waals surface area contributed by atoms with E-state index in [1.807, 2.05) is 52.0 Å². The van der Waals surface area contributed by atoms with Gasteiger partial charge in [0.05, 0.1) is 47.7 Å². The fraction of sp³-hybridized carbons (Fsp3) is 0.500. The van der Waals surface area contributed by atoms with Crippen molar-refractivity contribution in [2.24, 2.45) is 11.8 Å². The lowest BCUT2D eigenvalue weighted by molar-refractivity contribution is -0.0248.